The first-order valence-electron chi connectivity index (χ1n) is 10.0. The van der Waals surface area contributed by atoms with E-state index in [1.807, 2.05) is 61.5 Å². The molecule has 6 heteroatoms. The molecule has 1 amide bonds. The zero-order valence-electron chi connectivity index (χ0n) is 17.8. The Morgan fingerprint density at radius 3 is 2.61 bits per heavy atom. The fraction of sp³-hybridized carbons (Fsp3) is 0.200. The van der Waals surface area contributed by atoms with Crippen LogP contribution in [0.2, 0.25) is 0 Å². The van der Waals surface area contributed by atoms with Crippen LogP contribution in [0.4, 0.5) is 0 Å². The zero-order valence-corrected chi connectivity index (χ0v) is 17.8. The van der Waals surface area contributed by atoms with E-state index in [0.29, 0.717) is 30.2 Å². The minimum absolute atomic E-state index is 0.130. The monoisotopic (exact) mass is 416 g/mol. The molecule has 0 atom stereocenters. The number of carbonyl (C=O) groups is 1. The van der Waals surface area contributed by atoms with Crippen LogP contribution < -0.4 is 14.8 Å². The van der Waals surface area contributed by atoms with Crippen molar-refractivity contribution in [3.8, 4) is 17.2 Å². The number of carbonyl (C=O) groups excluding carboxylic acids is 1. The number of nitrogens with one attached hydrogen (secondary N) is 1. The first-order chi connectivity index (χ1) is 15.1. The molecule has 158 valence electrons. The summed E-state index contributed by atoms with van der Waals surface area (Å²) in [6, 6.07) is 17.2. The van der Waals surface area contributed by atoms with E-state index in [2.05, 4.69) is 10.3 Å². The van der Waals surface area contributed by atoms with Gasteiger partial charge in [0.05, 0.1) is 19.2 Å². The van der Waals surface area contributed by atoms with E-state index in [-0.39, 0.29) is 5.91 Å². The number of methoxy groups -OCH3 is 2. The molecule has 0 spiro atoms. The summed E-state index contributed by atoms with van der Waals surface area (Å²) in [5.41, 5.74) is 2.41. The molecule has 6 nitrogen and oxygen atoms in total. The van der Waals surface area contributed by atoms with Crippen LogP contribution in [0.3, 0.4) is 0 Å². The lowest BCUT2D eigenvalue weighted by molar-refractivity contribution is 0.0937. The van der Waals surface area contributed by atoms with Gasteiger partial charge in [-0.25, -0.2) is 0 Å². The van der Waals surface area contributed by atoms with Crippen LogP contribution in [0.1, 0.15) is 15.9 Å². The molecule has 1 aromatic heterocycles. The van der Waals surface area contributed by atoms with E-state index in [4.69, 9.17) is 14.2 Å². The Morgan fingerprint density at radius 1 is 0.968 bits per heavy atom. The maximum atomic E-state index is 12.4. The number of benzene rings is 3. The second-order valence-electron chi connectivity index (χ2n) is 7.22. The summed E-state index contributed by atoms with van der Waals surface area (Å²) in [6.07, 6.45) is 1.72. The highest BCUT2D eigenvalue weighted by atomic mass is 16.5. The van der Waals surface area contributed by atoms with Gasteiger partial charge in [0.2, 0.25) is 0 Å². The number of hydrogen-bond donors (Lipinski definition) is 1. The number of hydrogen-bond acceptors (Lipinski definition) is 5. The minimum Gasteiger partial charge on any atom is -0.496 e. The topological polar surface area (TPSA) is 69.7 Å². The van der Waals surface area contributed by atoms with E-state index in [1.54, 1.807) is 20.4 Å². The molecule has 0 aliphatic heterocycles. The van der Waals surface area contributed by atoms with E-state index in [0.717, 1.165) is 33.0 Å². The molecule has 0 aliphatic carbocycles. The molecule has 0 unspecified atom stereocenters. The van der Waals surface area contributed by atoms with Crippen LogP contribution >= 0.6 is 0 Å². The van der Waals surface area contributed by atoms with Crippen molar-refractivity contribution < 1.29 is 19.0 Å². The van der Waals surface area contributed by atoms with Crippen molar-refractivity contribution in [2.45, 2.75) is 6.92 Å². The van der Waals surface area contributed by atoms with Crippen molar-refractivity contribution in [1.29, 1.82) is 0 Å². The Bertz CT molecular complexity index is 1250. The van der Waals surface area contributed by atoms with Gasteiger partial charge in [-0.15, -0.1) is 0 Å². The quantitative estimate of drug-likeness (QED) is 0.435. The molecule has 4 aromatic rings. The molecule has 31 heavy (non-hydrogen) atoms. The van der Waals surface area contributed by atoms with Gasteiger partial charge in [0.1, 0.15) is 17.2 Å². The molecule has 1 N–H and O–H groups in total. The van der Waals surface area contributed by atoms with E-state index in [1.165, 1.54) is 0 Å². The highest BCUT2D eigenvalue weighted by molar-refractivity contribution is 5.99. The van der Waals surface area contributed by atoms with Crippen LogP contribution in [-0.4, -0.2) is 38.3 Å². The third-order valence-electron chi connectivity index (χ3n) is 5.11. The Hall–Kier alpha value is -3.64. The summed E-state index contributed by atoms with van der Waals surface area (Å²) in [6.45, 7) is 2.93. The second kappa shape index (κ2) is 9.02. The van der Waals surface area contributed by atoms with Gasteiger partial charge in [0.25, 0.3) is 5.91 Å². The second-order valence-corrected chi connectivity index (χ2v) is 7.22. The number of nitrogens with zero attached hydrogens (tertiary/aromatic N) is 1. The molecular formula is C25H24N2O4. The normalized spacial score (nSPS) is 10.9. The highest BCUT2D eigenvalue weighted by Crippen LogP contribution is 2.33. The van der Waals surface area contributed by atoms with Gasteiger partial charge >= 0.3 is 0 Å². The number of pyridine rings is 1. The minimum atomic E-state index is -0.130. The third kappa shape index (κ3) is 4.44. The van der Waals surface area contributed by atoms with Crippen molar-refractivity contribution in [2.24, 2.45) is 0 Å². The molecule has 0 saturated carbocycles. The SMILES string of the molecule is COCCNC(=O)c1ccc2ccc(Oc3ccnc4cc(OC)c(C)cc34)cc2c1. The molecular weight excluding hydrogens is 392 g/mol. The van der Waals surface area contributed by atoms with Crippen molar-refractivity contribution in [3.63, 3.8) is 0 Å². The van der Waals surface area contributed by atoms with Gasteiger partial charge in [-0.2, -0.15) is 0 Å². The molecule has 0 radical (unpaired) electrons. The lowest BCUT2D eigenvalue weighted by Gasteiger charge is -2.12. The van der Waals surface area contributed by atoms with Gasteiger partial charge in [0, 0.05) is 36.9 Å². The summed E-state index contributed by atoms with van der Waals surface area (Å²) in [5, 5.41) is 5.70. The average molecular weight is 416 g/mol. The maximum Gasteiger partial charge on any atom is 0.251 e. The predicted octanol–water partition coefficient (Wildman–Crippen LogP) is 4.87. The Balaban J connectivity index is 1.64. The number of fused-ring (bicyclic) bond motifs is 2. The number of amides is 1. The van der Waals surface area contributed by atoms with Gasteiger partial charge in [-0.05, 0) is 59.7 Å². The summed E-state index contributed by atoms with van der Waals surface area (Å²) in [5.74, 6) is 2.06. The standard InChI is InChI=1S/C25H24N2O4/c1-16-12-21-22(15-24(16)30-3)26-9-8-23(21)31-20-7-6-17-4-5-18(13-19(17)14-20)25(28)27-10-11-29-2/h4-9,12-15H,10-11H2,1-3H3,(H,27,28). The average Bonchev–Trinajstić information content (AvgIpc) is 2.78. The Kier molecular flexibility index (Phi) is 6.00. The summed E-state index contributed by atoms with van der Waals surface area (Å²) >= 11 is 0. The van der Waals surface area contributed by atoms with Crippen LogP contribution in [0.25, 0.3) is 21.7 Å². The van der Waals surface area contributed by atoms with Gasteiger partial charge in [0.15, 0.2) is 0 Å². The Labute approximate surface area is 180 Å². The summed E-state index contributed by atoms with van der Waals surface area (Å²) in [4.78, 5) is 16.8. The molecule has 0 aliphatic rings. The van der Waals surface area contributed by atoms with Crippen molar-refractivity contribution in [3.05, 3.63) is 71.9 Å². The fourth-order valence-corrected chi connectivity index (χ4v) is 3.49. The number of aromatic nitrogens is 1. The van der Waals surface area contributed by atoms with Crippen molar-refractivity contribution in [2.75, 3.05) is 27.4 Å². The first kappa shape index (κ1) is 20.6. The van der Waals surface area contributed by atoms with E-state index >= 15 is 0 Å². The Morgan fingerprint density at radius 2 is 1.81 bits per heavy atom. The molecule has 0 bridgehead atoms. The van der Waals surface area contributed by atoms with Crippen LogP contribution in [0.15, 0.2) is 60.8 Å². The third-order valence-corrected chi connectivity index (χ3v) is 5.11. The smallest absolute Gasteiger partial charge is 0.251 e. The van der Waals surface area contributed by atoms with Gasteiger partial charge in [-0.3, -0.25) is 9.78 Å². The maximum absolute atomic E-state index is 12.4. The van der Waals surface area contributed by atoms with Crippen LogP contribution in [0.5, 0.6) is 17.2 Å². The summed E-state index contributed by atoms with van der Waals surface area (Å²) < 4.78 is 16.6. The van der Waals surface area contributed by atoms with Gasteiger partial charge in [-0.1, -0.05) is 12.1 Å². The molecule has 3 aromatic carbocycles. The molecule has 0 saturated heterocycles. The van der Waals surface area contributed by atoms with E-state index < -0.39 is 0 Å². The molecule has 1 heterocycles. The molecule has 4 rings (SSSR count). The summed E-state index contributed by atoms with van der Waals surface area (Å²) in [7, 11) is 3.25. The van der Waals surface area contributed by atoms with Gasteiger partial charge < -0.3 is 19.5 Å². The number of ether oxygens (including phenoxy) is 3. The largest absolute Gasteiger partial charge is 0.496 e. The highest BCUT2D eigenvalue weighted by Gasteiger charge is 2.10. The lowest BCUT2D eigenvalue weighted by atomic mass is 10.1. The number of aryl methyl sites for hydroxylation is 1. The van der Waals surface area contributed by atoms with Crippen molar-refractivity contribution >= 4 is 27.6 Å². The predicted molar refractivity (Wildman–Crippen MR) is 121 cm³/mol. The molecule has 0 fully saturated rings. The van der Waals surface area contributed by atoms with Crippen LogP contribution in [-0.2, 0) is 4.74 Å². The lowest BCUT2D eigenvalue weighted by Crippen LogP contribution is -2.26. The zero-order chi connectivity index (χ0) is 21.8. The first-order valence-corrected chi connectivity index (χ1v) is 10.0. The van der Waals surface area contributed by atoms with Crippen LogP contribution in [0, 0.1) is 6.92 Å². The fourth-order valence-electron chi connectivity index (χ4n) is 3.49. The number of rotatable bonds is 7. The van der Waals surface area contributed by atoms with E-state index in [9.17, 15) is 4.79 Å². The van der Waals surface area contributed by atoms with Crippen molar-refractivity contribution in [1.82, 2.24) is 10.3 Å².